The first-order valence-electron chi connectivity index (χ1n) is 10.2. The molecule has 1 aromatic carbocycles. The number of ether oxygens (including phenoxy) is 2. The predicted molar refractivity (Wildman–Crippen MR) is 108 cm³/mol. The lowest BCUT2D eigenvalue weighted by molar-refractivity contribution is -0.120. The average Bonchev–Trinajstić information content (AvgIpc) is 2.67. The van der Waals surface area contributed by atoms with Gasteiger partial charge in [-0.3, -0.25) is 9.10 Å². The van der Waals surface area contributed by atoms with Crippen molar-refractivity contribution in [1.82, 2.24) is 5.32 Å². The quantitative estimate of drug-likeness (QED) is 0.779. The summed E-state index contributed by atoms with van der Waals surface area (Å²) in [5, 5.41) is 3.04. The number of fused-ring (bicyclic) bond motifs is 1. The predicted octanol–water partition coefficient (Wildman–Crippen LogP) is 2.84. The molecule has 28 heavy (non-hydrogen) atoms. The standard InChI is InChI=1S/C20H30N2O5S/c1-2-28(24,25)22(17-10-11-18-19(14-17)27-13-12-26-18)15-20(23)21-16-8-6-4-3-5-7-9-16/h10-11,14,16H,2-9,12-13,15H2,1H3,(H,21,23). The number of anilines is 1. The van der Waals surface area contributed by atoms with E-state index in [-0.39, 0.29) is 24.2 Å². The normalized spacial score (nSPS) is 18.0. The number of carbonyl (C=O) groups is 1. The van der Waals surface area contributed by atoms with Crippen LogP contribution in [0.4, 0.5) is 5.69 Å². The van der Waals surface area contributed by atoms with Gasteiger partial charge in [-0.2, -0.15) is 0 Å². The fraction of sp³-hybridized carbons (Fsp3) is 0.650. The van der Waals surface area contributed by atoms with Crippen molar-refractivity contribution < 1.29 is 22.7 Å². The minimum absolute atomic E-state index is 0.0852. The number of nitrogens with zero attached hydrogens (tertiary/aromatic N) is 1. The van der Waals surface area contributed by atoms with E-state index in [0.717, 1.165) is 25.7 Å². The van der Waals surface area contributed by atoms with Crippen LogP contribution in [0.15, 0.2) is 18.2 Å². The van der Waals surface area contributed by atoms with Gasteiger partial charge in [-0.25, -0.2) is 8.42 Å². The summed E-state index contributed by atoms with van der Waals surface area (Å²) in [6.07, 6.45) is 7.76. The number of amides is 1. The summed E-state index contributed by atoms with van der Waals surface area (Å²) >= 11 is 0. The lowest BCUT2D eigenvalue weighted by Crippen LogP contribution is -2.45. The molecular weight excluding hydrogens is 380 g/mol. The molecule has 0 spiro atoms. The average molecular weight is 411 g/mol. The van der Waals surface area contributed by atoms with Gasteiger partial charge in [-0.1, -0.05) is 32.1 Å². The molecule has 1 aliphatic heterocycles. The lowest BCUT2D eigenvalue weighted by atomic mass is 9.97. The van der Waals surface area contributed by atoms with Crippen LogP contribution in [0.25, 0.3) is 0 Å². The third-order valence-electron chi connectivity index (χ3n) is 5.27. The SMILES string of the molecule is CCS(=O)(=O)N(CC(=O)NC1CCCCCCC1)c1ccc2c(c1)OCCO2. The van der Waals surface area contributed by atoms with Crippen molar-refractivity contribution in [2.24, 2.45) is 0 Å². The van der Waals surface area contributed by atoms with Gasteiger partial charge >= 0.3 is 0 Å². The Balaban J connectivity index is 1.74. The van der Waals surface area contributed by atoms with E-state index >= 15 is 0 Å². The minimum Gasteiger partial charge on any atom is -0.486 e. The molecule has 0 saturated heterocycles. The number of carbonyl (C=O) groups excluding carboxylic acids is 1. The van der Waals surface area contributed by atoms with Crippen LogP contribution in [0.3, 0.4) is 0 Å². The van der Waals surface area contributed by atoms with E-state index in [2.05, 4.69) is 5.32 Å². The highest BCUT2D eigenvalue weighted by molar-refractivity contribution is 7.92. The smallest absolute Gasteiger partial charge is 0.240 e. The molecule has 156 valence electrons. The Morgan fingerprint density at radius 3 is 2.39 bits per heavy atom. The van der Waals surface area contributed by atoms with E-state index in [9.17, 15) is 13.2 Å². The van der Waals surface area contributed by atoms with Crippen LogP contribution in [-0.2, 0) is 14.8 Å². The molecule has 1 aliphatic carbocycles. The molecule has 0 aromatic heterocycles. The third-order valence-corrected chi connectivity index (χ3v) is 7.01. The highest BCUT2D eigenvalue weighted by Crippen LogP contribution is 2.34. The van der Waals surface area contributed by atoms with Crippen LogP contribution in [-0.4, -0.2) is 45.9 Å². The monoisotopic (exact) mass is 410 g/mol. The Kier molecular flexibility index (Phi) is 7.04. The van der Waals surface area contributed by atoms with E-state index in [1.54, 1.807) is 25.1 Å². The van der Waals surface area contributed by atoms with Gasteiger partial charge in [0, 0.05) is 12.1 Å². The van der Waals surface area contributed by atoms with Crippen LogP contribution >= 0.6 is 0 Å². The van der Waals surface area contributed by atoms with Gasteiger partial charge in [0.2, 0.25) is 15.9 Å². The minimum atomic E-state index is -3.61. The number of hydrogen-bond donors (Lipinski definition) is 1. The zero-order valence-electron chi connectivity index (χ0n) is 16.5. The van der Waals surface area contributed by atoms with Gasteiger partial charge in [0.1, 0.15) is 19.8 Å². The fourth-order valence-corrected chi connectivity index (χ4v) is 4.76. The van der Waals surface area contributed by atoms with Gasteiger partial charge in [0.15, 0.2) is 11.5 Å². The van der Waals surface area contributed by atoms with Crippen LogP contribution < -0.4 is 19.1 Å². The Hall–Kier alpha value is -1.96. The molecule has 0 atom stereocenters. The summed E-state index contributed by atoms with van der Waals surface area (Å²) < 4.78 is 37.6. The second-order valence-corrected chi connectivity index (χ2v) is 9.53. The highest BCUT2D eigenvalue weighted by atomic mass is 32.2. The van der Waals surface area contributed by atoms with Crippen molar-refractivity contribution in [3.05, 3.63) is 18.2 Å². The number of sulfonamides is 1. The number of rotatable bonds is 6. The maximum atomic E-state index is 12.7. The summed E-state index contributed by atoms with van der Waals surface area (Å²) in [7, 11) is -3.61. The van der Waals surface area contributed by atoms with Crippen molar-refractivity contribution in [1.29, 1.82) is 0 Å². The van der Waals surface area contributed by atoms with Crippen LogP contribution in [0.1, 0.15) is 51.9 Å². The zero-order chi connectivity index (χ0) is 20.0. The molecule has 1 amide bonds. The van der Waals surface area contributed by atoms with Crippen molar-refractivity contribution in [2.75, 3.05) is 29.8 Å². The summed E-state index contributed by atoms with van der Waals surface area (Å²) in [5.74, 6) is 0.735. The maximum Gasteiger partial charge on any atom is 0.240 e. The van der Waals surface area contributed by atoms with Crippen molar-refractivity contribution in [3.63, 3.8) is 0 Å². The largest absolute Gasteiger partial charge is 0.486 e. The molecule has 3 rings (SSSR count). The molecule has 8 heteroatoms. The molecule has 7 nitrogen and oxygen atoms in total. The molecule has 1 aromatic rings. The Labute approximate surface area is 167 Å². The second kappa shape index (κ2) is 9.49. The topological polar surface area (TPSA) is 84.9 Å². The molecule has 1 N–H and O–H groups in total. The van der Waals surface area contributed by atoms with Gasteiger partial charge in [0.25, 0.3) is 0 Å². The van der Waals surface area contributed by atoms with Gasteiger partial charge < -0.3 is 14.8 Å². The van der Waals surface area contributed by atoms with Crippen molar-refractivity contribution in [2.45, 2.75) is 57.9 Å². The van der Waals surface area contributed by atoms with Crippen molar-refractivity contribution in [3.8, 4) is 11.5 Å². The fourth-order valence-electron chi connectivity index (χ4n) is 3.70. The molecule has 1 saturated carbocycles. The van der Waals surface area contributed by atoms with Crippen LogP contribution in [0.2, 0.25) is 0 Å². The lowest BCUT2D eigenvalue weighted by Gasteiger charge is -2.27. The highest BCUT2D eigenvalue weighted by Gasteiger charge is 2.26. The van der Waals surface area contributed by atoms with Gasteiger partial charge in [0.05, 0.1) is 11.4 Å². The summed E-state index contributed by atoms with van der Waals surface area (Å²) in [4.78, 5) is 12.7. The Morgan fingerprint density at radius 1 is 1.07 bits per heavy atom. The van der Waals surface area contributed by atoms with E-state index in [0.29, 0.717) is 30.4 Å². The van der Waals surface area contributed by atoms with E-state index in [1.165, 1.54) is 23.6 Å². The molecule has 1 fully saturated rings. The molecular formula is C20H30N2O5S. The molecule has 1 heterocycles. The third kappa shape index (κ3) is 5.31. The second-order valence-electron chi connectivity index (χ2n) is 7.34. The van der Waals surface area contributed by atoms with E-state index in [1.807, 2.05) is 0 Å². The first-order valence-corrected chi connectivity index (χ1v) is 11.8. The van der Waals surface area contributed by atoms with Crippen LogP contribution in [0.5, 0.6) is 11.5 Å². The number of hydrogen-bond acceptors (Lipinski definition) is 5. The first-order chi connectivity index (χ1) is 13.5. The molecule has 0 unspecified atom stereocenters. The van der Waals surface area contributed by atoms with Crippen molar-refractivity contribution >= 4 is 21.6 Å². The summed E-state index contributed by atoms with van der Waals surface area (Å²) in [6.45, 7) is 2.23. The maximum absolute atomic E-state index is 12.7. The summed E-state index contributed by atoms with van der Waals surface area (Å²) in [5.41, 5.74) is 0.416. The molecule has 2 aliphatic rings. The molecule has 0 bridgehead atoms. The number of nitrogens with one attached hydrogen (secondary N) is 1. The van der Waals surface area contributed by atoms with Gasteiger partial charge in [-0.15, -0.1) is 0 Å². The summed E-state index contributed by atoms with van der Waals surface area (Å²) in [6, 6.07) is 5.10. The Morgan fingerprint density at radius 2 is 1.71 bits per heavy atom. The van der Waals surface area contributed by atoms with E-state index < -0.39 is 10.0 Å². The van der Waals surface area contributed by atoms with Crippen LogP contribution in [0, 0.1) is 0 Å². The van der Waals surface area contributed by atoms with Gasteiger partial charge in [-0.05, 0) is 31.9 Å². The van der Waals surface area contributed by atoms with E-state index in [4.69, 9.17) is 9.47 Å². The zero-order valence-corrected chi connectivity index (χ0v) is 17.3. The Bertz CT molecular complexity index is 773. The number of benzene rings is 1. The molecule has 0 radical (unpaired) electrons. The first kappa shape index (κ1) is 20.8.